The quantitative estimate of drug-likeness (QED) is 0.746. The summed E-state index contributed by atoms with van der Waals surface area (Å²) in [6, 6.07) is 18.5. The fourth-order valence-corrected chi connectivity index (χ4v) is 4.33. The number of carbonyl (C=O) groups is 1. The van der Waals surface area contributed by atoms with Gasteiger partial charge >= 0.3 is 6.09 Å². The van der Waals surface area contributed by atoms with Crippen molar-refractivity contribution in [2.24, 2.45) is 0 Å². The highest BCUT2D eigenvalue weighted by Gasteiger charge is 2.30. The second-order valence-electron chi connectivity index (χ2n) is 7.29. The molecular weight excluding hydrogens is 352 g/mol. The molecule has 1 N–H and O–H groups in total. The Morgan fingerprint density at radius 3 is 2.43 bits per heavy atom. The average molecular weight is 372 g/mol. The van der Waals surface area contributed by atoms with E-state index in [0.717, 1.165) is 5.56 Å². The first-order chi connectivity index (χ1) is 13.7. The SMILES string of the molecule is O=C(OCC1c2ccccc2-c2ccccc21)N1CCc2cc[nH]c(=O)c2C1. The Kier molecular flexibility index (Phi) is 4.01. The Balaban J connectivity index is 1.34. The summed E-state index contributed by atoms with van der Waals surface area (Å²) in [6.07, 6.45) is 1.96. The van der Waals surface area contributed by atoms with Crippen LogP contribution in [0.3, 0.4) is 0 Å². The van der Waals surface area contributed by atoms with Crippen molar-refractivity contribution in [3.63, 3.8) is 0 Å². The zero-order valence-corrected chi connectivity index (χ0v) is 15.4. The Morgan fingerprint density at radius 2 is 1.71 bits per heavy atom. The van der Waals surface area contributed by atoms with Crippen LogP contribution in [0, 0.1) is 0 Å². The molecule has 0 unspecified atom stereocenters. The van der Waals surface area contributed by atoms with Gasteiger partial charge in [0.2, 0.25) is 0 Å². The van der Waals surface area contributed by atoms with Crippen LogP contribution in [0.5, 0.6) is 0 Å². The number of fused-ring (bicyclic) bond motifs is 4. The Labute approximate surface area is 162 Å². The molecule has 0 saturated heterocycles. The topological polar surface area (TPSA) is 62.4 Å². The zero-order valence-electron chi connectivity index (χ0n) is 15.4. The van der Waals surface area contributed by atoms with Gasteiger partial charge in [-0.2, -0.15) is 0 Å². The van der Waals surface area contributed by atoms with Crippen molar-refractivity contribution >= 4 is 6.09 Å². The lowest BCUT2D eigenvalue weighted by atomic mass is 9.98. The van der Waals surface area contributed by atoms with Crippen molar-refractivity contribution in [2.75, 3.05) is 13.2 Å². The number of ether oxygens (including phenoxy) is 1. The van der Waals surface area contributed by atoms with Gasteiger partial charge in [-0.25, -0.2) is 4.79 Å². The monoisotopic (exact) mass is 372 g/mol. The summed E-state index contributed by atoms with van der Waals surface area (Å²) in [4.78, 5) is 29.0. The minimum Gasteiger partial charge on any atom is -0.448 e. The van der Waals surface area contributed by atoms with Crippen molar-refractivity contribution < 1.29 is 9.53 Å². The van der Waals surface area contributed by atoms with Crippen LogP contribution in [-0.4, -0.2) is 29.1 Å². The number of hydrogen-bond donors (Lipinski definition) is 1. The van der Waals surface area contributed by atoms with Gasteiger partial charge in [0.1, 0.15) is 6.61 Å². The molecule has 2 aliphatic rings. The van der Waals surface area contributed by atoms with Gasteiger partial charge in [-0.3, -0.25) is 4.79 Å². The smallest absolute Gasteiger partial charge is 0.410 e. The van der Waals surface area contributed by atoms with Crippen LogP contribution in [0.15, 0.2) is 65.6 Å². The second-order valence-corrected chi connectivity index (χ2v) is 7.29. The van der Waals surface area contributed by atoms with E-state index in [9.17, 15) is 9.59 Å². The van der Waals surface area contributed by atoms with E-state index < -0.39 is 0 Å². The molecule has 5 nitrogen and oxygen atoms in total. The fraction of sp³-hybridized carbons (Fsp3) is 0.217. The number of carbonyl (C=O) groups excluding carboxylic acids is 1. The first-order valence-electron chi connectivity index (χ1n) is 9.52. The van der Waals surface area contributed by atoms with Crippen LogP contribution < -0.4 is 5.56 Å². The summed E-state index contributed by atoms with van der Waals surface area (Å²) in [5, 5.41) is 0. The molecule has 1 aromatic heterocycles. The minimum atomic E-state index is -0.365. The third kappa shape index (κ3) is 2.71. The number of nitrogens with zero attached hydrogens (tertiary/aromatic N) is 1. The van der Waals surface area contributed by atoms with Crippen LogP contribution in [0.1, 0.15) is 28.2 Å². The minimum absolute atomic E-state index is 0.0387. The maximum atomic E-state index is 12.7. The van der Waals surface area contributed by atoms with Gasteiger partial charge in [0, 0.05) is 24.2 Å². The van der Waals surface area contributed by atoms with E-state index in [1.807, 2.05) is 30.3 Å². The molecule has 1 aliphatic carbocycles. The lowest BCUT2D eigenvalue weighted by molar-refractivity contribution is 0.0951. The van der Waals surface area contributed by atoms with Crippen molar-refractivity contribution in [3.05, 3.63) is 93.4 Å². The third-order valence-electron chi connectivity index (χ3n) is 5.75. The van der Waals surface area contributed by atoms with Crippen LogP contribution in [0.2, 0.25) is 0 Å². The first-order valence-corrected chi connectivity index (χ1v) is 9.52. The molecule has 0 atom stereocenters. The molecule has 0 bridgehead atoms. The number of pyridine rings is 1. The maximum absolute atomic E-state index is 12.7. The number of nitrogens with one attached hydrogen (secondary N) is 1. The molecule has 1 aliphatic heterocycles. The van der Waals surface area contributed by atoms with Gasteiger partial charge in [0.05, 0.1) is 6.54 Å². The van der Waals surface area contributed by atoms with E-state index in [4.69, 9.17) is 4.74 Å². The van der Waals surface area contributed by atoms with Crippen molar-refractivity contribution in [3.8, 4) is 11.1 Å². The zero-order chi connectivity index (χ0) is 19.1. The molecule has 28 heavy (non-hydrogen) atoms. The highest BCUT2D eigenvalue weighted by Crippen LogP contribution is 2.44. The largest absolute Gasteiger partial charge is 0.448 e. The Hall–Kier alpha value is -3.34. The number of hydrogen-bond acceptors (Lipinski definition) is 3. The maximum Gasteiger partial charge on any atom is 0.410 e. The predicted octanol–water partition coefficient (Wildman–Crippen LogP) is 3.68. The summed E-state index contributed by atoms with van der Waals surface area (Å²) in [5.74, 6) is 0.0387. The molecule has 0 radical (unpaired) electrons. The highest BCUT2D eigenvalue weighted by atomic mass is 16.6. The summed E-state index contributed by atoms with van der Waals surface area (Å²) < 4.78 is 5.71. The van der Waals surface area contributed by atoms with Gasteiger partial charge in [0.25, 0.3) is 5.56 Å². The number of amides is 1. The Morgan fingerprint density at radius 1 is 1.04 bits per heavy atom. The first kappa shape index (κ1) is 16.8. The van der Waals surface area contributed by atoms with Crippen LogP contribution in [0.4, 0.5) is 4.79 Å². The van der Waals surface area contributed by atoms with E-state index in [1.165, 1.54) is 22.3 Å². The van der Waals surface area contributed by atoms with Crippen LogP contribution in [-0.2, 0) is 17.7 Å². The fourth-order valence-electron chi connectivity index (χ4n) is 4.33. The van der Waals surface area contributed by atoms with Gasteiger partial charge in [-0.15, -0.1) is 0 Å². The molecule has 0 fully saturated rings. The molecule has 2 aromatic carbocycles. The molecule has 0 saturated carbocycles. The van der Waals surface area contributed by atoms with E-state index in [0.29, 0.717) is 31.7 Å². The van der Waals surface area contributed by atoms with E-state index in [1.54, 1.807) is 11.1 Å². The number of aromatic nitrogens is 1. The molecule has 3 aromatic rings. The van der Waals surface area contributed by atoms with E-state index in [-0.39, 0.29) is 17.6 Å². The molecular formula is C23H20N2O3. The van der Waals surface area contributed by atoms with Crippen LogP contribution >= 0.6 is 0 Å². The number of rotatable bonds is 2. The highest BCUT2D eigenvalue weighted by molar-refractivity contribution is 5.79. The lowest BCUT2D eigenvalue weighted by Gasteiger charge is -2.28. The summed E-state index contributed by atoms with van der Waals surface area (Å²) in [5.41, 5.74) is 6.33. The molecule has 5 heteroatoms. The number of benzene rings is 2. The van der Waals surface area contributed by atoms with Gasteiger partial charge in [-0.05, 0) is 40.3 Å². The van der Waals surface area contributed by atoms with Gasteiger partial charge in [0.15, 0.2) is 0 Å². The summed E-state index contributed by atoms with van der Waals surface area (Å²) in [7, 11) is 0. The van der Waals surface area contributed by atoms with Crippen molar-refractivity contribution in [1.82, 2.24) is 9.88 Å². The molecule has 5 rings (SSSR count). The normalized spacial score (nSPS) is 14.9. The standard InChI is InChI=1S/C23H20N2O3/c26-22-20-13-25(12-10-15(20)9-11-24-22)23(27)28-14-21-18-7-3-1-5-16(18)17-6-2-4-8-19(17)21/h1-9,11,21H,10,12-14H2,(H,24,26). The summed E-state index contributed by atoms with van der Waals surface area (Å²) >= 11 is 0. The van der Waals surface area contributed by atoms with Crippen molar-refractivity contribution in [1.29, 1.82) is 0 Å². The van der Waals surface area contributed by atoms with E-state index in [2.05, 4.69) is 29.2 Å². The van der Waals surface area contributed by atoms with E-state index >= 15 is 0 Å². The third-order valence-corrected chi connectivity index (χ3v) is 5.75. The predicted molar refractivity (Wildman–Crippen MR) is 106 cm³/mol. The average Bonchev–Trinajstić information content (AvgIpc) is 3.06. The number of H-pyrrole nitrogens is 1. The molecule has 0 spiro atoms. The number of aromatic amines is 1. The molecule has 140 valence electrons. The van der Waals surface area contributed by atoms with Gasteiger partial charge < -0.3 is 14.6 Å². The second kappa shape index (κ2) is 6.68. The molecule has 1 amide bonds. The molecule has 2 heterocycles. The lowest BCUT2D eigenvalue weighted by Crippen LogP contribution is -2.39. The van der Waals surface area contributed by atoms with Crippen molar-refractivity contribution in [2.45, 2.75) is 18.9 Å². The van der Waals surface area contributed by atoms with Gasteiger partial charge in [-0.1, -0.05) is 48.5 Å². The Bertz CT molecular complexity index is 1070. The van der Waals surface area contributed by atoms with Crippen LogP contribution in [0.25, 0.3) is 11.1 Å². The summed E-state index contributed by atoms with van der Waals surface area (Å²) in [6.45, 7) is 1.15.